The van der Waals surface area contributed by atoms with Gasteiger partial charge in [0.15, 0.2) is 0 Å². The van der Waals surface area contributed by atoms with Crippen molar-refractivity contribution in [3.8, 4) is 16.1 Å². The van der Waals surface area contributed by atoms with Crippen molar-refractivity contribution >= 4 is 33.2 Å². The van der Waals surface area contributed by atoms with E-state index in [4.69, 9.17) is 11.6 Å². The van der Waals surface area contributed by atoms with Crippen molar-refractivity contribution in [1.29, 1.82) is 0 Å². The third kappa shape index (κ3) is 2.80. The molecule has 7 heteroatoms. The maximum Gasteiger partial charge on any atom is 0.333 e. The molecule has 1 aliphatic carbocycles. The minimum absolute atomic E-state index is 0.338. The number of H-pyrrole nitrogens is 1. The smallest absolute Gasteiger partial charge is 0.306 e. The van der Waals surface area contributed by atoms with Gasteiger partial charge in [-0.2, -0.15) is 0 Å². The zero-order chi connectivity index (χ0) is 19.3. The highest BCUT2D eigenvalue weighted by atomic mass is 35.5. The second-order valence-corrected chi connectivity index (χ2v) is 8.47. The number of hydrogen-bond donors (Lipinski definition) is 1. The van der Waals surface area contributed by atoms with E-state index in [9.17, 15) is 9.59 Å². The second-order valence-electron chi connectivity index (χ2n) is 7.01. The fourth-order valence-corrected chi connectivity index (χ4v) is 4.94. The summed E-state index contributed by atoms with van der Waals surface area (Å²) in [5.74, 6) is 0.472. The molecule has 1 aromatic carbocycles. The van der Waals surface area contributed by atoms with E-state index in [-0.39, 0.29) is 5.56 Å². The molecule has 0 spiro atoms. The molecule has 1 fully saturated rings. The Bertz CT molecular complexity index is 1320. The lowest BCUT2D eigenvalue weighted by Gasteiger charge is -2.25. The summed E-state index contributed by atoms with van der Waals surface area (Å²) in [5, 5.41) is 0.606. The van der Waals surface area contributed by atoms with Crippen molar-refractivity contribution in [2.24, 2.45) is 0 Å². The molecule has 4 aromatic rings. The van der Waals surface area contributed by atoms with Gasteiger partial charge in [-0.25, -0.2) is 9.36 Å². The molecule has 5 nitrogen and oxygen atoms in total. The number of nitrogens with one attached hydrogen (secondary N) is 1. The number of aromatic amines is 1. The molecule has 0 aliphatic heterocycles. The summed E-state index contributed by atoms with van der Waals surface area (Å²) in [4.78, 5) is 33.8. The summed E-state index contributed by atoms with van der Waals surface area (Å²) in [6, 6.07) is 11.2. The lowest BCUT2D eigenvalue weighted by Crippen LogP contribution is -2.33. The van der Waals surface area contributed by atoms with E-state index < -0.39 is 5.69 Å². The normalized spacial score (nSPS) is 14.3. The van der Waals surface area contributed by atoms with E-state index in [1.807, 2.05) is 30.5 Å². The van der Waals surface area contributed by atoms with Gasteiger partial charge in [0, 0.05) is 21.7 Å². The van der Waals surface area contributed by atoms with Crippen LogP contribution in [0.25, 0.3) is 26.3 Å². The second kappa shape index (κ2) is 6.72. The van der Waals surface area contributed by atoms with Gasteiger partial charge >= 0.3 is 5.69 Å². The highest BCUT2D eigenvalue weighted by Gasteiger charge is 2.21. The predicted octanol–water partition coefficient (Wildman–Crippen LogP) is 4.72. The summed E-state index contributed by atoms with van der Waals surface area (Å²) >= 11 is 7.62. The third-order valence-corrected chi connectivity index (χ3v) is 6.78. The third-order valence-electron chi connectivity index (χ3n) is 5.29. The first-order valence-electron chi connectivity index (χ1n) is 9.11. The van der Waals surface area contributed by atoms with Gasteiger partial charge in [0.25, 0.3) is 5.56 Å². The average Bonchev–Trinajstić information content (AvgIpc) is 3.05. The van der Waals surface area contributed by atoms with Gasteiger partial charge in [0.05, 0.1) is 17.4 Å². The standard InChI is InChI=1S/C21H16ClN3O2S/c22-16-7-2-1-6-15(16)18-9-17-19(28-18)20(26)25(21(27)24-17)14-8-13(10-23-11-14)12-4-3-5-12/h1-2,6-12H,3-5H2,(H,24,27). The molecule has 28 heavy (non-hydrogen) atoms. The first-order valence-corrected chi connectivity index (χ1v) is 10.3. The molecule has 0 bridgehead atoms. The van der Waals surface area contributed by atoms with Crippen molar-refractivity contribution in [2.75, 3.05) is 0 Å². The van der Waals surface area contributed by atoms with Crippen LogP contribution in [0, 0.1) is 0 Å². The summed E-state index contributed by atoms with van der Waals surface area (Å²) in [5.41, 5.74) is 2.14. The lowest BCUT2D eigenvalue weighted by molar-refractivity contribution is 0.418. The minimum atomic E-state index is -0.464. The molecule has 0 unspecified atom stereocenters. The molecule has 1 saturated carbocycles. The first-order chi connectivity index (χ1) is 13.6. The topological polar surface area (TPSA) is 67.8 Å². The quantitative estimate of drug-likeness (QED) is 0.532. The number of thiophene rings is 1. The van der Waals surface area contributed by atoms with E-state index in [0.29, 0.717) is 26.8 Å². The van der Waals surface area contributed by atoms with Crippen LogP contribution < -0.4 is 11.2 Å². The number of pyridine rings is 1. The lowest BCUT2D eigenvalue weighted by atomic mass is 9.81. The van der Waals surface area contributed by atoms with Crippen LogP contribution in [0.1, 0.15) is 30.7 Å². The van der Waals surface area contributed by atoms with Gasteiger partial charge in [-0.1, -0.05) is 36.2 Å². The molecular weight excluding hydrogens is 394 g/mol. The minimum Gasteiger partial charge on any atom is -0.306 e. The number of nitrogens with zero attached hydrogens (tertiary/aromatic N) is 2. The van der Waals surface area contributed by atoms with Crippen LogP contribution in [0.5, 0.6) is 0 Å². The van der Waals surface area contributed by atoms with Crippen molar-refractivity contribution in [3.05, 3.63) is 80.2 Å². The van der Waals surface area contributed by atoms with Crippen molar-refractivity contribution in [3.63, 3.8) is 0 Å². The van der Waals surface area contributed by atoms with E-state index in [1.54, 1.807) is 18.3 Å². The highest BCUT2D eigenvalue weighted by molar-refractivity contribution is 7.22. The van der Waals surface area contributed by atoms with Crippen molar-refractivity contribution < 1.29 is 0 Å². The molecule has 0 amide bonds. The summed E-state index contributed by atoms with van der Waals surface area (Å²) in [6.07, 6.45) is 6.85. The van der Waals surface area contributed by atoms with Crippen LogP contribution >= 0.6 is 22.9 Å². The summed E-state index contributed by atoms with van der Waals surface area (Å²) < 4.78 is 1.66. The zero-order valence-corrected chi connectivity index (χ0v) is 16.4. The number of benzene rings is 1. The highest BCUT2D eigenvalue weighted by Crippen LogP contribution is 2.37. The molecule has 140 valence electrons. The van der Waals surface area contributed by atoms with Crippen molar-refractivity contribution in [2.45, 2.75) is 25.2 Å². The van der Waals surface area contributed by atoms with Crippen LogP contribution in [-0.2, 0) is 0 Å². The first kappa shape index (κ1) is 17.4. The summed E-state index contributed by atoms with van der Waals surface area (Å²) in [7, 11) is 0. The van der Waals surface area contributed by atoms with Crippen molar-refractivity contribution in [1.82, 2.24) is 14.5 Å². The monoisotopic (exact) mass is 409 g/mol. The Morgan fingerprint density at radius 3 is 2.71 bits per heavy atom. The molecule has 5 rings (SSSR count). The molecule has 0 radical (unpaired) electrons. The Hall–Kier alpha value is -2.70. The Morgan fingerprint density at radius 2 is 1.96 bits per heavy atom. The fraction of sp³-hybridized carbons (Fsp3) is 0.190. The molecule has 3 aromatic heterocycles. The van der Waals surface area contributed by atoms with Crippen LogP contribution in [0.15, 0.2) is 58.4 Å². The van der Waals surface area contributed by atoms with Gasteiger partial charge in [-0.05, 0) is 42.5 Å². The molecule has 0 atom stereocenters. The number of hydrogen-bond acceptors (Lipinski definition) is 4. The Morgan fingerprint density at radius 1 is 1.14 bits per heavy atom. The van der Waals surface area contributed by atoms with Crippen LogP contribution in [-0.4, -0.2) is 14.5 Å². The Labute approximate surface area is 169 Å². The van der Waals surface area contributed by atoms with Gasteiger partial charge in [0.1, 0.15) is 4.70 Å². The van der Waals surface area contributed by atoms with E-state index in [0.717, 1.165) is 28.8 Å². The van der Waals surface area contributed by atoms with Gasteiger partial charge in [-0.3, -0.25) is 9.78 Å². The predicted molar refractivity (Wildman–Crippen MR) is 113 cm³/mol. The molecule has 1 aliphatic rings. The number of fused-ring (bicyclic) bond motifs is 1. The zero-order valence-electron chi connectivity index (χ0n) is 14.8. The van der Waals surface area contributed by atoms with Crippen LogP contribution in [0.3, 0.4) is 0 Å². The van der Waals surface area contributed by atoms with E-state index >= 15 is 0 Å². The Balaban J connectivity index is 1.68. The van der Waals surface area contributed by atoms with Crippen LogP contribution in [0.2, 0.25) is 5.02 Å². The number of rotatable bonds is 3. The molecular formula is C21H16ClN3O2S. The van der Waals surface area contributed by atoms with Gasteiger partial charge in [-0.15, -0.1) is 11.3 Å². The maximum atomic E-state index is 13.1. The SMILES string of the molecule is O=c1[nH]c2cc(-c3ccccc3Cl)sc2c(=O)n1-c1cncc(C2CCC2)c1. The van der Waals surface area contributed by atoms with Gasteiger partial charge in [0.2, 0.25) is 0 Å². The largest absolute Gasteiger partial charge is 0.333 e. The van der Waals surface area contributed by atoms with E-state index in [1.165, 1.54) is 22.3 Å². The average molecular weight is 410 g/mol. The molecule has 1 N–H and O–H groups in total. The molecule has 0 saturated heterocycles. The fourth-order valence-electron chi connectivity index (χ4n) is 3.57. The Kier molecular flexibility index (Phi) is 4.18. The summed E-state index contributed by atoms with van der Waals surface area (Å²) in [6.45, 7) is 0. The van der Waals surface area contributed by atoms with Crippen LogP contribution in [0.4, 0.5) is 0 Å². The maximum absolute atomic E-state index is 13.1. The number of halogens is 1. The van der Waals surface area contributed by atoms with E-state index in [2.05, 4.69) is 9.97 Å². The molecule has 3 heterocycles. The number of aromatic nitrogens is 3. The van der Waals surface area contributed by atoms with Gasteiger partial charge < -0.3 is 4.98 Å².